The number of nitrogens with one attached hydrogen (secondary N) is 1. The Balaban J connectivity index is 1.50. The third-order valence-electron chi connectivity index (χ3n) is 3.70. The quantitative estimate of drug-likeness (QED) is 0.643. The average molecular weight is 357 g/mol. The summed E-state index contributed by atoms with van der Waals surface area (Å²) in [6.07, 6.45) is 0. The Morgan fingerprint density at radius 1 is 0.923 bits per heavy atom. The zero-order valence-electron chi connectivity index (χ0n) is 13.8. The summed E-state index contributed by atoms with van der Waals surface area (Å²) in [5.74, 6) is 0.275. The summed E-state index contributed by atoms with van der Waals surface area (Å²) in [5, 5.41) is 4.88. The van der Waals surface area contributed by atoms with Gasteiger partial charge in [0.05, 0.1) is 6.54 Å². The van der Waals surface area contributed by atoms with E-state index in [-0.39, 0.29) is 30.4 Å². The summed E-state index contributed by atoms with van der Waals surface area (Å²) >= 11 is 0. The monoisotopic (exact) mass is 357 g/mol. The number of carbonyl (C=O) groups is 1. The molecule has 0 aliphatic rings. The first-order chi connectivity index (χ1) is 12.6. The van der Waals surface area contributed by atoms with Gasteiger partial charge >= 0.3 is 6.61 Å². The molecule has 134 valence electrons. The fourth-order valence-electron chi connectivity index (χ4n) is 2.51. The molecule has 0 aliphatic carbocycles. The van der Waals surface area contributed by atoms with E-state index in [4.69, 9.17) is 4.74 Å². The van der Waals surface area contributed by atoms with Crippen molar-refractivity contribution < 1.29 is 23.0 Å². The van der Waals surface area contributed by atoms with Gasteiger partial charge in [-0.25, -0.2) is 0 Å². The molecular formula is C20H17F2NO3. The van der Waals surface area contributed by atoms with E-state index < -0.39 is 6.61 Å². The Morgan fingerprint density at radius 3 is 2.54 bits per heavy atom. The number of carbonyl (C=O) groups excluding carboxylic acids is 1. The molecule has 4 nitrogen and oxygen atoms in total. The van der Waals surface area contributed by atoms with E-state index in [0.29, 0.717) is 5.75 Å². The first-order valence-corrected chi connectivity index (χ1v) is 8.06. The van der Waals surface area contributed by atoms with Crippen molar-refractivity contribution >= 4 is 16.7 Å². The van der Waals surface area contributed by atoms with Gasteiger partial charge < -0.3 is 14.8 Å². The number of fused-ring (bicyclic) bond motifs is 1. The average Bonchev–Trinajstić information content (AvgIpc) is 2.64. The molecule has 0 saturated heterocycles. The van der Waals surface area contributed by atoms with Gasteiger partial charge in [0, 0.05) is 5.56 Å². The summed E-state index contributed by atoms with van der Waals surface area (Å²) < 4.78 is 34.4. The van der Waals surface area contributed by atoms with Gasteiger partial charge in [0.2, 0.25) is 0 Å². The summed E-state index contributed by atoms with van der Waals surface area (Å²) in [6.45, 7) is -2.35. The van der Waals surface area contributed by atoms with Crippen LogP contribution in [-0.4, -0.2) is 25.7 Å². The predicted octanol–water partition coefficient (Wildman–Crippen LogP) is 4.25. The molecule has 3 aromatic carbocycles. The molecule has 0 aliphatic heterocycles. The smallest absolute Gasteiger partial charge is 0.387 e. The molecule has 0 spiro atoms. The van der Waals surface area contributed by atoms with E-state index in [1.54, 1.807) is 0 Å². The fourth-order valence-corrected chi connectivity index (χ4v) is 2.51. The molecule has 0 fully saturated rings. The second-order valence-corrected chi connectivity index (χ2v) is 5.52. The molecule has 3 rings (SSSR count). The molecule has 3 aromatic rings. The van der Waals surface area contributed by atoms with Crippen LogP contribution in [0.5, 0.6) is 11.5 Å². The molecule has 26 heavy (non-hydrogen) atoms. The summed E-state index contributed by atoms with van der Waals surface area (Å²) in [6, 6.07) is 19.4. The number of amides is 1. The van der Waals surface area contributed by atoms with Crippen LogP contribution in [0.3, 0.4) is 0 Å². The normalized spacial score (nSPS) is 10.7. The Labute approximate surface area is 149 Å². The lowest BCUT2D eigenvalue weighted by Gasteiger charge is -2.10. The van der Waals surface area contributed by atoms with Crippen molar-refractivity contribution in [3.8, 4) is 11.5 Å². The second kappa shape index (κ2) is 8.29. The van der Waals surface area contributed by atoms with Crippen LogP contribution in [0.15, 0.2) is 66.7 Å². The van der Waals surface area contributed by atoms with Crippen molar-refractivity contribution in [2.45, 2.75) is 6.61 Å². The first kappa shape index (κ1) is 17.7. The van der Waals surface area contributed by atoms with Crippen molar-refractivity contribution in [2.24, 2.45) is 0 Å². The molecule has 0 atom stereocenters. The number of hydrogen-bond donors (Lipinski definition) is 1. The van der Waals surface area contributed by atoms with Crippen LogP contribution in [0.1, 0.15) is 10.4 Å². The molecule has 1 N–H and O–H groups in total. The predicted molar refractivity (Wildman–Crippen MR) is 94.9 cm³/mol. The van der Waals surface area contributed by atoms with Crippen LogP contribution in [-0.2, 0) is 0 Å². The molecular weight excluding hydrogens is 340 g/mol. The van der Waals surface area contributed by atoms with Crippen molar-refractivity contribution in [3.63, 3.8) is 0 Å². The highest BCUT2D eigenvalue weighted by atomic mass is 19.3. The Kier molecular flexibility index (Phi) is 5.63. The van der Waals surface area contributed by atoms with Gasteiger partial charge in [-0.3, -0.25) is 4.79 Å². The number of rotatable bonds is 7. The first-order valence-electron chi connectivity index (χ1n) is 8.06. The molecule has 1 amide bonds. The molecule has 0 saturated carbocycles. The number of halogens is 2. The standard InChI is InChI=1S/C20H17F2NO3/c21-20(22)26-18-7-3-6-16(13-18)19(24)23-10-11-25-17-9-8-14-4-1-2-5-15(14)12-17/h1-9,12-13,20H,10-11H2,(H,23,24). The highest BCUT2D eigenvalue weighted by molar-refractivity contribution is 5.94. The number of ether oxygens (including phenoxy) is 2. The van der Waals surface area contributed by atoms with E-state index >= 15 is 0 Å². The van der Waals surface area contributed by atoms with Gasteiger partial charge in [-0.15, -0.1) is 0 Å². The molecule has 6 heteroatoms. The van der Waals surface area contributed by atoms with Crippen molar-refractivity contribution in [1.82, 2.24) is 5.32 Å². The van der Waals surface area contributed by atoms with Crippen LogP contribution >= 0.6 is 0 Å². The van der Waals surface area contributed by atoms with Crippen LogP contribution in [0.2, 0.25) is 0 Å². The highest BCUT2D eigenvalue weighted by Crippen LogP contribution is 2.20. The Morgan fingerprint density at radius 2 is 1.73 bits per heavy atom. The minimum Gasteiger partial charge on any atom is -0.492 e. The van der Waals surface area contributed by atoms with Gasteiger partial charge in [-0.1, -0.05) is 36.4 Å². The van der Waals surface area contributed by atoms with Crippen molar-refractivity contribution in [2.75, 3.05) is 13.2 Å². The number of hydrogen-bond acceptors (Lipinski definition) is 3. The lowest BCUT2D eigenvalue weighted by atomic mass is 10.1. The lowest BCUT2D eigenvalue weighted by molar-refractivity contribution is -0.0498. The minimum atomic E-state index is -2.93. The SMILES string of the molecule is O=C(NCCOc1ccc2ccccc2c1)c1cccc(OC(F)F)c1. The van der Waals surface area contributed by atoms with Crippen LogP contribution < -0.4 is 14.8 Å². The van der Waals surface area contributed by atoms with Gasteiger partial charge in [0.25, 0.3) is 5.91 Å². The Bertz CT molecular complexity index is 899. The molecule has 0 bridgehead atoms. The molecule has 0 aromatic heterocycles. The topological polar surface area (TPSA) is 47.6 Å². The van der Waals surface area contributed by atoms with Gasteiger partial charge in [0.1, 0.15) is 18.1 Å². The second-order valence-electron chi connectivity index (χ2n) is 5.52. The maximum Gasteiger partial charge on any atom is 0.387 e. The van der Waals surface area contributed by atoms with Gasteiger partial charge in [0.15, 0.2) is 0 Å². The number of alkyl halides is 2. The molecule has 0 unspecified atom stereocenters. The summed E-state index contributed by atoms with van der Waals surface area (Å²) in [5.41, 5.74) is 0.244. The van der Waals surface area contributed by atoms with Crippen LogP contribution in [0.25, 0.3) is 10.8 Å². The number of benzene rings is 3. The van der Waals surface area contributed by atoms with E-state index in [0.717, 1.165) is 10.8 Å². The molecule has 0 heterocycles. The van der Waals surface area contributed by atoms with E-state index in [9.17, 15) is 13.6 Å². The van der Waals surface area contributed by atoms with E-state index in [1.807, 2.05) is 42.5 Å². The van der Waals surface area contributed by atoms with Gasteiger partial charge in [-0.2, -0.15) is 8.78 Å². The largest absolute Gasteiger partial charge is 0.492 e. The maximum atomic E-state index is 12.2. The van der Waals surface area contributed by atoms with Crippen LogP contribution in [0.4, 0.5) is 8.78 Å². The van der Waals surface area contributed by atoms with Crippen LogP contribution in [0, 0.1) is 0 Å². The Hall–Kier alpha value is -3.15. The summed E-state index contributed by atoms with van der Waals surface area (Å²) in [4.78, 5) is 12.1. The third kappa shape index (κ3) is 4.69. The van der Waals surface area contributed by atoms with Gasteiger partial charge in [-0.05, 0) is 41.1 Å². The lowest BCUT2D eigenvalue weighted by Crippen LogP contribution is -2.28. The van der Waals surface area contributed by atoms with E-state index in [2.05, 4.69) is 10.1 Å². The minimum absolute atomic E-state index is 0.0555. The molecule has 0 radical (unpaired) electrons. The maximum absolute atomic E-state index is 12.2. The zero-order chi connectivity index (χ0) is 18.4. The highest BCUT2D eigenvalue weighted by Gasteiger charge is 2.09. The summed E-state index contributed by atoms with van der Waals surface area (Å²) in [7, 11) is 0. The van der Waals surface area contributed by atoms with Crippen molar-refractivity contribution in [3.05, 3.63) is 72.3 Å². The zero-order valence-corrected chi connectivity index (χ0v) is 13.8. The third-order valence-corrected chi connectivity index (χ3v) is 3.70. The van der Waals surface area contributed by atoms with Crippen molar-refractivity contribution in [1.29, 1.82) is 0 Å². The fraction of sp³-hybridized carbons (Fsp3) is 0.150. The van der Waals surface area contributed by atoms with E-state index in [1.165, 1.54) is 24.3 Å².